The van der Waals surface area contributed by atoms with Gasteiger partial charge in [0.05, 0.1) is 52.9 Å². The van der Waals surface area contributed by atoms with E-state index in [2.05, 4.69) is 19.2 Å². The third-order valence-electron chi connectivity index (χ3n) is 1.76. The van der Waals surface area contributed by atoms with Gasteiger partial charge in [-0.05, 0) is 6.92 Å². The lowest BCUT2D eigenvalue weighted by molar-refractivity contribution is 0.00965. The van der Waals surface area contributed by atoms with E-state index in [-0.39, 0.29) is 19.8 Å². The van der Waals surface area contributed by atoms with E-state index in [1.807, 2.05) is 6.92 Å². The minimum atomic E-state index is 0.0684. The molecule has 0 amide bonds. The maximum Gasteiger partial charge on any atom is 0.0701 e. The number of hydrogen-bond donors (Lipinski definition) is 4. The van der Waals surface area contributed by atoms with Gasteiger partial charge < -0.3 is 34.8 Å². The van der Waals surface area contributed by atoms with E-state index in [1.165, 1.54) is 6.42 Å². The van der Waals surface area contributed by atoms with Crippen molar-refractivity contribution in [3.63, 3.8) is 0 Å². The maximum absolute atomic E-state index is 8.35. The highest BCUT2D eigenvalue weighted by Crippen LogP contribution is 1.80. The average molecular weight is 327 g/mol. The van der Waals surface area contributed by atoms with Crippen molar-refractivity contribution in [2.24, 2.45) is 0 Å². The molecule has 7 heteroatoms. The third kappa shape index (κ3) is 42.7. The number of hydrogen-bond acceptors (Lipinski definition) is 7. The molecule has 0 aromatic carbocycles. The molecule has 0 bridgehead atoms. The Morgan fingerprint density at radius 1 is 0.636 bits per heavy atom. The van der Waals surface area contributed by atoms with Gasteiger partial charge in [-0.1, -0.05) is 20.3 Å². The highest BCUT2D eigenvalue weighted by atomic mass is 16.5. The Kier molecular flexibility index (Phi) is 39.4. The molecule has 7 nitrogen and oxygen atoms in total. The fourth-order valence-electron chi connectivity index (χ4n) is 0.932. The summed E-state index contributed by atoms with van der Waals surface area (Å²) < 4.78 is 15.2. The van der Waals surface area contributed by atoms with Gasteiger partial charge >= 0.3 is 0 Å². The van der Waals surface area contributed by atoms with Gasteiger partial charge in [0, 0.05) is 19.7 Å². The van der Waals surface area contributed by atoms with Crippen LogP contribution >= 0.6 is 0 Å². The first-order valence-corrected chi connectivity index (χ1v) is 8.01. The number of nitrogens with one attached hydrogen (secondary N) is 1. The summed E-state index contributed by atoms with van der Waals surface area (Å²) in [6.07, 6.45) is 1.25. The van der Waals surface area contributed by atoms with E-state index in [0.29, 0.717) is 46.1 Å². The smallest absolute Gasteiger partial charge is 0.0701 e. The highest BCUT2D eigenvalue weighted by Gasteiger charge is 1.88. The summed E-state index contributed by atoms with van der Waals surface area (Å²) in [4.78, 5) is 0. The molecule has 0 rings (SSSR count). The highest BCUT2D eigenvalue weighted by molar-refractivity contribution is 4.39. The van der Waals surface area contributed by atoms with Crippen LogP contribution in [0.3, 0.4) is 0 Å². The second-order valence-corrected chi connectivity index (χ2v) is 4.05. The molecule has 0 saturated heterocycles. The summed E-state index contributed by atoms with van der Waals surface area (Å²) in [6.45, 7) is 11.1. The molecule has 0 aromatic heterocycles. The molecule has 0 atom stereocenters. The third-order valence-corrected chi connectivity index (χ3v) is 1.76. The van der Waals surface area contributed by atoms with E-state index in [9.17, 15) is 0 Å². The summed E-state index contributed by atoms with van der Waals surface area (Å²) in [7, 11) is 0. The van der Waals surface area contributed by atoms with Crippen molar-refractivity contribution in [2.75, 3.05) is 72.6 Å². The lowest BCUT2D eigenvalue weighted by Crippen LogP contribution is -2.21. The van der Waals surface area contributed by atoms with E-state index in [0.717, 1.165) is 6.61 Å². The van der Waals surface area contributed by atoms with Crippen molar-refractivity contribution in [3.05, 3.63) is 0 Å². The monoisotopic (exact) mass is 327 g/mol. The van der Waals surface area contributed by atoms with Crippen LogP contribution in [0.4, 0.5) is 0 Å². The van der Waals surface area contributed by atoms with Gasteiger partial charge in [0.25, 0.3) is 0 Å². The summed E-state index contributed by atoms with van der Waals surface area (Å²) in [6, 6.07) is 0. The quantitative estimate of drug-likeness (QED) is 0.354. The van der Waals surface area contributed by atoms with Gasteiger partial charge in [-0.25, -0.2) is 0 Å². The molecule has 0 fully saturated rings. The lowest BCUT2D eigenvalue weighted by atomic mass is 10.6. The topological polar surface area (TPSA) is 100 Å². The zero-order valence-corrected chi connectivity index (χ0v) is 14.6. The number of aliphatic hydroxyl groups is 3. The SMILES string of the molecule is CCC.CCOCCOCCOCCO.OCCNCCO. The first-order chi connectivity index (χ1) is 10.7. The molecule has 0 aliphatic rings. The first kappa shape index (κ1) is 26.6. The standard InChI is InChI=1S/C8H18O4.C4H11NO2.C3H8/c1-2-10-5-6-12-8-7-11-4-3-9;6-3-1-5-2-4-7;1-3-2/h9H,2-8H2,1H3;5-7H,1-4H2;3H2,1-2H3. The fourth-order valence-corrected chi connectivity index (χ4v) is 0.932. The van der Waals surface area contributed by atoms with Crippen molar-refractivity contribution in [1.82, 2.24) is 5.32 Å². The van der Waals surface area contributed by atoms with Crippen molar-refractivity contribution in [1.29, 1.82) is 0 Å². The summed E-state index contributed by atoms with van der Waals surface area (Å²) >= 11 is 0. The van der Waals surface area contributed by atoms with E-state index < -0.39 is 0 Å². The molecule has 138 valence electrons. The number of aliphatic hydroxyl groups excluding tert-OH is 3. The van der Waals surface area contributed by atoms with Crippen LogP contribution < -0.4 is 5.32 Å². The van der Waals surface area contributed by atoms with Crippen molar-refractivity contribution >= 4 is 0 Å². The van der Waals surface area contributed by atoms with Gasteiger partial charge in [0.1, 0.15) is 0 Å². The van der Waals surface area contributed by atoms with Crippen molar-refractivity contribution < 1.29 is 29.5 Å². The largest absolute Gasteiger partial charge is 0.395 e. The molecular formula is C15H37NO6. The number of rotatable bonds is 13. The Hall–Kier alpha value is -0.280. The minimum absolute atomic E-state index is 0.0684. The van der Waals surface area contributed by atoms with Gasteiger partial charge in [-0.2, -0.15) is 0 Å². The molecule has 0 unspecified atom stereocenters. The number of ether oxygens (including phenoxy) is 3. The molecule has 0 spiro atoms. The van der Waals surface area contributed by atoms with Crippen LogP contribution in [0.1, 0.15) is 27.2 Å². The molecule has 0 aliphatic heterocycles. The van der Waals surface area contributed by atoms with E-state index >= 15 is 0 Å². The molecule has 4 N–H and O–H groups in total. The predicted octanol–water partition coefficient (Wildman–Crippen LogP) is 0.0253. The maximum atomic E-state index is 8.35. The van der Waals surface area contributed by atoms with Crippen LogP contribution in [0.2, 0.25) is 0 Å². The Bertz CT molecular complexity index is 138. The second-order valence-electron chi connectivity index (χ2n) is 4.05. The fraction of sp³-hybridized carbons (Fsp3) is 1.00. The van der Waals surface area contributed by atoms with E-state index in [4.69, 9.17) is 29.5 Å². The Balaban J connectivity index is -0.000000305. The molecule has 0 aliphatic carbocycles. The second kappa shape index (κ2) is 32.6. The molecule has 0 saturated carbocycles. The summed E-state index contributed by atoms with van der Waals surface area (Å²) in [5, 5.41) is 27.4. The summed E-state index contributed by atoms with van der Waals surface area (Å²) in [5.74, 6) is 0. The van der Waals surface area contributed by atoms with Crippen LogP contribution in [-0.2, 0) is 14.2 Å². The zero-order chi connectivity index (χ0) is 17.3. The predicted molar refractivity (Wildman–Crippen MR) is 88.2 cm³/mol. The van der Waals surface area contributed by atoms with Gasteiger partial charge in [0.15, 0.2) is 0 Å². The normalized spacial score (nSPS) is 9.55. The molecule has 0 radical (unpaired) electrons. The van der Waals surface area contributed by atoms with Gasteiger partial charge in [-0.15, -0.1) is 0 Å². The summed E-state index contributed by atoms with van der Waals surface area (Å²) in [5.41, 5.74) is 0. The van der Waals surface area contributed by atoms with Crippen LogP contribution in [0.15, 0.2) is 0 Å². The van der Waals surface area contributed by atoms with Crippen LogP contribution in [0, 0.1) is 0 Å². The minimum Gasteiger partial charge on any atom is -0.395 e. The van der Waals surface area contributed by atoms with Crippen LogP contribution in [0.25, 0.3) is 0 Å². The van der Waals surface area contributed by atoms with E-state index in [1.54, 1.807) is 0 Å². The van der Waals surface area contributed by atoms with Crippen LogP contribution in [0.5, 0.6) is 0 Å². The molecule has 22 heavy (non-hydrogen) atoms. The Morgan fingerprint density at radius 3 is 1.41 bits per heavy atom. The lowest BCUT2D eigenvalue weighted by Gasteiger charge is -2.04. The average Bonchev–Trinajstić information content (AvgIpc) is 2.52. The Morgan fingerprint density at radius 2 is 1.05 bits per heavy atom. The zero-order valence-electron chi connectivity index (χ0n) is 14.6. The Labute approximate surface area is 135 Å². The molecule has 0 heterocycles. The first-order valence-electron chi connectivity index (χ1n) is 8.01. The van der Waals surface area contributed by atoms with Gasteiger partial charge in [0.2, 0.25) is 0 Å². The van der Waals surface area contributed by atoms with Crippen molar-refractivity contribution in [3.8, 4) is 0 Å². The van der Waals surface area contributed by atoms with Crippen LogP contribution in [-0.4, -0.2) is 87.9 Å². The molecular weight excluding hydrogens is 290 g/mol. The van der Waals surface area contributed by atoms with Crippen molar-refractivity contribution in [2.45, 2.75) is 27.2 Å². The molecule has 0 aromatic rings. The van der Waals surface area contributed by atoms with Gasteiger partial charge in [-0.3, -0.25) is 0 Å².